The van der Waals surface area contributed by atoms with Crippen molar-refractivity contribution in [2.45, 2.75) is 18.9 Å². The summed E-state index contributed by atoms with van der Waals surface area (Å²) in [6.45, 7) is 1.21. The number of hydrogen-bond acceptors (Lipinski definition) is 4. The summed E-state index contributed by atoms with van der Waals surface area (Å²) in [4.78, 5) is 13.7. The lowest BCUT2D eigenvalue weighted by atomic mass is 10.0. The molecule has 0 spiro atoms. The highest BCUT2D eigenvalue weighted by molar-refractivity contribution is 5.79. The zero-order valence-corrected chi connectivity index (χ0v) is 10.9. The number of rotatable bonds is 6. The van der Waals surface area contributed by atoms with E-state index in [1.807, 2.05) is 0 Å². The summed E-state index contributed by atoms with van der Waals surface area (Å²) in [5.41, 5.74) is 8.41. The Hall–Kier alpha value is -2.34. The van der Waals surface area contributed by atoms with Crippen molar-refractivity contribution < 1.29 is 23.0 Å². The molecular weight excluding hydrogens is 272 g/mol. The average molecular weight is 285 g/mol. The maximum atomic E-state index is 14.0. The first kappa shape index (κ1) is 15.7. The lowest BCUT2D eigenvalue weighted by Crippen LogP contribution is -2.36. The zero-order valence-electron chi connectivity index (χ0n) is 10.9. The van der Waals surface area contributed by atoms with Crippen LogP contribution in [0.5, 0.6) is 5.75 Å². The fraction of sp³-hybridized carbons (Fsp3) is 0.417. The third kappa shape index (κ3) is 3.36. The molecule has 8 heteroatoms. The molecule has 0 aliphatic heterocycles. The van der Waals surface area contributed by atoms with Gasteiger partial charge in [-0.05, 0) is 30.2 Å². The van der Waals surface area contributed by atoms with Crippen LogP contribution >= 0.6 is 0 Å². The Morgan fingerprint density at radius 3 is 2.50 bits per heavy atom. The molecule has 0 radical (unpaired) electrons. The number of alkyl halides is 2. The van der Waals surface area contributed by atoms with Gasteiger partial charge in [-0.3, -0.25) is 0 Å². The van der Waals surface area contributed by atoms with E-state index in [4.69, 9.17) is 10.3 Å². The minimum atomic E-state index is -3.95. The van der Waals surface area contributed by atoms with E-state index < -0.39 is 17.9 Å². The summed E-state index contributed by atoms with van der Waals surface area (Å²) in [6, 6.07) is 3.47. The molecule has 1 rings (SSSR count). The molecule has 20 heavy (non-hydrogen) atoms. The fourth-order valence-corrected chi connectivity index (χ4v) is 1.53. The number of halogens is 2. The minimum absolute atomic E-state index is 0.0124. The highest BCUT2D eigenvalue weighted by Gasteiger charge is 2.49. The molecule has 1 aromatic rings. The van der Waals surface area contributed by atoms with Gasteiger partial charge in [-0.25, -0.2) is 4.79 Å². The second kappa shape index (κ2) is 6.72. The summed E-state index contributed by atoms with van der Waals surface area (Å²) in [5, 5.41) is 3.01. The Morgan fingerprint density at radius 1 is 1.45 bits per heavy atom. The number of hydrogen-bond donors (Lipinski definition) is 0. The van der Waals surface area contributed by atoms with E-state index in [1.54, 1.807) is 0 Å². The van der Waals surface area contributed by atoms with Crippen LogP contribution in [-0.4, -0.2) is 25.6 Å². The molecule has 1 aromatic carbocycles. The van der Waals surface area contributed by atoms with Crippen LogP contribution in [0.4, 0.5) is 8.78 Å². The number of ether oxygens (including phenoxy) is 2. The average Bonchev–Trinajstić information content (AvgIpc) is 2.45. The van der Waals surface area contributed by atoms with E-state index in [0.29, 0.717) is 5.75 Å². The number of esters is 1. The number of carbonyl (C=O) groups excluding carboxylic acids is 1. The number of nitrogens with zero attached hydrogens (tertiary/aromatic N) is 3. The maximum absolute atomic E-state index is 14.0. The van der Waals surface area contributed by atoms with Crippen molar-refractivity contribution >= 4 is 5.97 Å². The highest BCUT2D eigenvalue weighted by atomic mass is 19.3. The second-order valence-electron chi connectivity index (χ2n) is 3.72. The third-order valence-corrected chi connectivity index (χ3v) is 2.49. The highest BCUT2D eigenvalue weighted by Crippen LogP contribution is 2.36. The lowest BCUT2D eigenvalue weighted by molar-refractivity contribution is -0.174. The van der Waals surface area contributed by atoms with Crippen LogP contribution in [0.15, 0.2) is 29.4 Å². The van der Waals surface area contributed by atoms with E-state index in [-0.39, 0.29) is 12.2 Å². The van der Waals surface area contributed by atoms with E-state index in [1.165, 1.54) is 38.3 Å². The Balaban J connectivity index is 3.15. The summed E-state index contributed by atoms with van der Waals surface area (Å²) in [5.74, 6) is -5.22. The van der Waals surface area contributed by atoms with Crippen molar-refractivity contribution in [3.8, 4) is 5.75 Å². The van der Waals surface area contributed by atoms with E-state index in [0.717, 1.165) is 0 Å². The maximum Gasteiger partial charge on any atom is 0.377 e. The lowest BCUT2D eigenvalue weighted by Gasteiger charge is -2.21. The molecule has 6 nitrogen and oxygen atoms in total. The molecule has 0 fully saturated rings. The number of methoxy groups -OCH3 is 1. The van der Waals surface area contributed by atoms with Crippen LogP contribution in [-0.2, 0) is 9.53 Å². The molecule has 0 amide bonds. The van der Waals surface area contributed by atoms with Gasteiger partial charge in [0.15, 0.2) is 0 Å². The second-order valence-corrected chi connectivity index (χ2v) is 3.72. The molecule has 1 unspecified atom stereocenters. The van der Waals surface area contributed by atoms with E-state index >= 15 is 0 Å². The first-order valence-electron chi connectivity index (χ1n) is 5.70. The molecule has 108 valence electrons. The topological polar surface area (TPSA) is 84.3 Å². The Morgan fingerprint density at radius 2 is 2.05 bits per heavy atom. The van der Waals surface area contributed by atoms with Crippen LogP contribution in [0.25, 0.3) is 10.4 Å². The Bertz CT molecular complexity index is 513. The normalized spacial score (nSPS) is 12.2. The molecule has 0 N–H and O–H groups in total. The molecular formula is C12H13F2N3O3. The van der Waals surface area contributed by atoms with Crippen LogP contribution in [0.2, 0.25) is 0 Å². The van der Waals surface area contributed by atoms with Crippen molar-refractivity contribution in [1.29, 1.82) is 0 Å². The zero-order chi connectivity index (χ0) is 15.2. The van der Waals surface area contributed by atoms with Gasteiger partial charge < -0.3 is 9.47 Å². The van der Waals surface area contributed by atoms with Crippen molar-refractivity contribution in [2.75, 3.05) is 13.7 Å². The Labute approximate surface area is 113 Å². The SMILES string of the molecule is CCOC(=O)C(F)(F)C(N=[N+]=[N-])c1ccc(OC)cc1. The number of benzene rings is 1. The van der Waals surface area contributed by atoms with Crippen LogP contribution in [0, 0.1) is 0 Å². The minimum Gasteiger partial charge on any atom is -0.497 e. The largest absolute Gasteiger partial charge is 0.497 e. The molecule has 0 saturated heterocycles. The number of azide groups is 1. The first-order chi connectivity index (χ1) is 9.47. The van der Waals surface area contributed by atoms with Crippen molar-refractivity contribution in [3.05, 3.63) is 40.3 Å². The smallest absolute Gasteiger partial charge is 0.377 e. The van der Waals surface area contributed by atoms with Gasteiger partial charge in [-0.1, -0.05) is 17.2 Å². The predicted molar refractivity (Wildman–Crippen MR) is 66.5 cm³/mol. The van der Waals surface area contributed by atoms with Gasteiger partial charge in [-0.15, -0.1) is 0 Å². The summed E-state index contributed by atoms with van der Waals surface area (Å²) < 4.78 is 37.1. The molecule has 0 aromatic heterocycles. The molecule has 0 bridgehead atoms. The van der Waals surface area contributed by atoms with Gasteiger partial charge in [0.1, 0.15) is 11.8 Å². The molecule has 1 atom stereocenters. The number of carbonyl (C=O) groups is 1. The molecule has 0 heterocycles. The molecule has 0 aliphatic carbocycles. The van der Waals surface area contributed by atoms with Crippen LogP contribution < -0.4 is 4.74 Å². The van der Waals surface area contributed by atoms with E-state index in [9.17, 15) is 13.6 Å². The van der Waals surface area contributed by atoms with Gasteiger partial charge in [0.05, 0.1) is 13.7 Å². The van der Waals surface area contributed by atoms with Crippen molar-refractivity contribution in [2.24, 2.45) is 5.11 Å². The molecule has 0 aliphatic rings. The Kier molecular flexibility index (Phi) is 5.28. The first-order valence-corrected chi connectivity index (χ1v) is 5.70. The van der Waals surface area contributed by atoms with Gasteiger partial charge in [0, 0.05) is 4.91 Å². The van der Waals surface area contributed by atoms with Crippen molar-refractivity contribution in [1.82, 2.24) is 0 Å². The van der Waals surface area contributed by atoms with Gasteiger partial charge in [-0.2, -0.15) is 8.78 Å². The summed E-state index contributed by atoms with van der Waals surface area (Å²) >= 11 is 0. The monoisotopic (exact) mass is 285 g/mol. The fourth-order valence-electron chi connectivity index (χ4n) is 1.53. The quantitative estimate of drug-likeness (QED) is 0.348. The molecule has 0 saturated carbocycles. The van der Waals surface area contributed by atoms with Gasteiger partial charge in [0.25, 0.3) is 0 Å². The van der Waals surface area contributed by atoms with Crippen molar-refractivity contribution in [3.63, 3.8) is 0 Å². The van der Waals surface area contributed by atoms with Crippen LogP contribution in [0.1, 0.15) is 18.5 Å². The standard InChI is InChI=1S/C12H13F2N3O3/c1-3-20-11(18)12(13,14)10(16-17-15)8-4-6-9(19-2)7-5-8/h4-7,10H,3H2,1-2H3. The van der Waals surface area contributed by atoms with Crippen LogP contribution in [0.3, 0.4) is 0 Å². The van der Waals surface area contributed by atoms with Gasteiger partial charge >= 0.3 is 11.9 Å². The third-order valence-electron chi connectivity index (χ3n) is 2.49. The predicted octanol–water partition coefficient (Wildman–Crippen LogP) is 3.25. The van der Waals surface area contributed by atoms with Gasteiger partial charge in [0.2, 0.25) is 0 Å². The summed E-state index contributed by atoms with van der Waals surface area (Å²) in [7, 11) is 1.42. The summed E-state index contributed by atoms with van der Waals surface area (Å²) in [6.07, 6.45) is 0. The van der Waals surface area contributed by atoms with E-state index in [2.05, 4.69) is 14.8 Å².